The van der Waals surface area contributed by atoms with Crippen LogP contribution in [0.4, 0.5) is 14.6 Å². The fourth-order valence-electron chi connectivity index (χ4n) is 4.94. The van der Waals surface area contributed by atoms with E-state index in [0.29, 0.717) is 42.6 Å². The third kappa shape index (κ3) is 6.52. The van der Waals surface area contributed by atoms with Gasteiger partial charge >= 0.3 is 0 Å². The molecule has 9 nitrogen and oxygen atoms in total. The van der Waals surface area contributed by atoms with Gasteiger partial charge in [-0.05, 0) is 63.6 Å². The van der Waals surface area contributed by atoms with Crippen LogP contribution >= 0.6 is 0 Å². The third-order valence-corrected chi connectivity index (χ3v) is 7.40. The van der Waals surface area contributed by atoms with Crippen LogP contribution in [0.15, 0.2) is 37.1 Å². The van der Waals surface area contributed by atoms with Gasteiger partial charge < -0.3 is 20.5 Å². The first kappa shape index (κ1) is 28.4. The van der Waals surface area contributed by atoms with Crippen molar-refractivity contribution in [2.45, 2.75) is 83.5 Å². The van der Waals surface area contributed by atoms with E-state index >= 15 is 0 Å². The van der Waals surface area contributed by atoms with Gasteiger partial charge in [0, 0.05) is 37.1 Å². The minimum Gasteiger partial charge on any atom is -0.347 e. The van der Waals surface area contributed by atoms with Crippen molar-refractivity contribution in [2.24, 2.45) is 7.05 Å². The normalized spacial score (nSPS) is 16.8. The van der Waals surface area contributed by atoms with Gasteiger partial charge in [0.05, 0.1) is 24.6 Å². The number of aromatic nitrogens is 4. The zero-order chi connectivity index (χ0) is 28.3. The van der Waals surface area contributed by atoms with Crippen LogP contribution in [-0.4, -0.2) is 43.2 Å². The highest BCUT2D eigenvalue weighted by molar-refractivity contribution is 5.94. The van der Waals surface area contributed by atoms with Crippen molar-refractivity contribution in [3.63, 3.8) is 0 Å². The van der Waals surface area contributed by atoms with E-state index in [-0.39, 0.29) is 23.9 Å². The Labute approximate surface area is 227 Å². The minimum atomic E-state index is -0.966. The van der Waals surface area contributed by atoms with Gasteiger partial charge in [0.1, 0.15) is 17.2 Å². The van der Waals surface area contributed by atoms with Crippen molar-refractivity contribution >= 4 is 17.6 Å². The summed E-state index contributed by atoms with van der Waals surface area (Å²) < 4.78 is 31.3. The molecule has 0 radical (unpaired) electrons. The fraction of sp³-hybridized carbons (Fsp3) is 0.500. The predicted octanol–water partition coefficient (Wildman–Crippen LogP) is 3.76. The van der Waals surface area contributed by atoms with E-state index in [1.165, 1.54) is 12.4 Å². The van der Waals surface area contributed by atoms with Crippen molar-refractivity contribution in [3.8, 4) is 0 Å². The molecule has 3 aromatic rings. The highest BCUT2D eigenvalue weighted by atomic mass is 19.1. The number of nitrogens with one attached hydrogen (secondary N) is 3. The fourth-order valence-corrected chi connectivity index (χ4v) is 4.94. The number of halogens is 2. The Bertz CT molecular complexity index is 1330. The number of hydrogen-bond donors (Lipinski definition) is 3. The molecule has 1 aromatic carbocycles. The highest BCUT2D eigenvalue weighted by Crippen LogP contribution is 2.26. The van der Waals surface area contributed by atoms with Gasteiger partial charge in [-0.3, -0.25) is 14.3 Å². The Morgan fingerprint density at radius 1 is 1.23 bits per heavy atom. The van der Waals surface area contributed by atoms with Gasteiger partial charge in [-0.25, -0.2) is 13.8 Å². The molecule has 2 unspecified atom stereocenters. The van der Waals surface area contributed by atoms with Crippen LogP contribution in [0.3, 0.4) is 0 Å². The first-order valence-electron chi connectivity index (χ1n) is 13.4. The standard InChI is InChI=1S/C28H37F2N7O2/c1-6-7-24(34-21-9-8-18-10-20(29)11-23(30)22(18)12-21)26(38)35-25-15-37(16-31-25)28(3,4)27(39)33-17(2)19-13-32-36(5)14-19/h10-11,13-17,21,24,34H,6-9,12H2,1-5H3,(H,33,39)(H,35,38)/t17?,21?,24-/m0/s1. The van der Waals surface area contributed by atoms with Crippen molar-refractivity contribution in [1.82, 2.24) is 30.0 Å². The second-order valence-electron chi connectivity index (χ2n) is 10.8. The highest BCUT2D eigenvalue weighted by Gasteiger charge is 2.32. The number of imidazole rings is 1. The van der Waals surface area contributed by atoms with Crippen LogP contribution in [0, 0.1) is 11.6 Å². The number of fused-ring (bicyclic) bond motifs is 1. The number of anilines is 1. The summed E-state index contributed by atoms with van der Waals surface area (Å²) in [7, 11) is 1.82. The molecule has 2 amide bonds. The second kappa shape index (κ2) is 11.6. The van der Waals surface area contributed by atoms with Gasteiger partial charge in [0.2, 0.25) is 11.8 Å². The van der Waals surface area contributed by atoms with Gasteiger partial charge in [-0.2, -0.15) is 5.10 Å². The summed E-state index contributed by atoms with van der Waals surface area (Å²) in [4.78, 5) is 30.6. The molecule has 1 aliphatic carbocycles. The molecule has 3 N–H and O–H groups in total. The largest absolute Gasteiger partial charge is 0.347 e. The maximum Gasteiger partial charge on any atom is 0.246 e. The number of amides is 2. The molecule has 4 rings (SSSR count). The molecule has 0 aliphatic heterocycles. The van der Waals surface area contributed by atoms with Gasteiger partial charge in [0.25, 0.3) is 0 Å². The van der Waals surface area contributed by atoms with Crippen LogP contribution in [-0.2, 0) is 35.0 Å². The van der Waals surface area contributed by atoms with Crippen molar-refractivity contribution in [3.05, 3.63) is 65.4 Å². The van der Waals surface area contributed by atoms with Crippen LogP contribution in [0.1, 0.15) is 69.7 Å². The second-order valence-corrected chi connectivity index (χ2v) is 10.8. The lowest BCUT2D eigenvalue weighted by Gasteiger charge is -2.29. The molecule has 2 heterocycles. The number of hydrogen-bond acceptors (Lipinski definition) is 5. The Morgan fingerprint density at radius 2 is 2.00 bits per heavy atom. The topological polar surface area (TPSA) is 106 Å². The molecule has 0 bridgehead atoms. The summed E-state index contributed by atoms with van der Waals surface area (Å²) in [6.07, 6.45) is 9.69. The monoisotopic (exact) mass is 541 g/mol. The quantitative estimate of drug-likeness (QED) is 0.363. The van der Waals surface area contributed by atoms with Crippen molar-refractivity contribution < 1.29 is 18.4 Å². The Kier molecular flexibility index (Phi) is 8.48. The van der Waals surface area contributed by atoms with Gasteiger partial charge in [-0.1, -0.05) is 13.3 Å². The summed E-state index contributed by atoms with van der Waals surface area (Å²) in [5.74, 6) is -1.23. The van der Waals surface area contributed by atoms with Gasteiger partial charge in [-0.15, -0.1) is 0 Å². The third-order valence-electron chi connectivity index (χ3n) is 7.40. The van der Waals surface area contributed by atoms with Crippen LogP contribution in [0.2, 0.25) is 0 Å². The SMILES string of the molecule is CCC[C@H](NC1CCc2cc(F)cc(F)c2C1)C(=O)Nc1cn(C(C)(C)C(=O)NC(C)c2cnn(C)c2)cn1. The molecule has 1 aliphatic rings. The van der Waals surface area contributed by atoms with Crippen LogP contribution in [0.5, 0.6) is 0 Å². The lowest BCUT2D eigenvalue weighted by molar-refractivity contribution is -0.129. The van der Waals surface area contributed by atoms with Crippen molar-refractivity contribution in [1.29, 1.82) is 0 Å². The summed E-state index contributed by atoms with van der Waals surface area (Å²) >= 11 is 0. The molecule has 0 spiro atoms. The molecule has 210 valence electrons. The van der Waals surface area contributed by atoms with E-state index in [4.69, 9.17) is 0 Å². The van der Waals surface area contributed by atoms with E-state index in [9.17, 15) is 18.4 Å². The molecular formula is C28H37F2N7O2. The van der Waals surface area contributed by atoms with Crippen LogP contribution < -0.4 is 16.0 Å². The molecule has 0 saturated heterocycles. The number of nitrogens with zero attached hydrogens (tertiary/aromatic N) is 4. The predicted molar refractivity (Wildman–Crippen MR) is 144 cm³/mol. The smallest absolute Gasteiger partial charge is 0.246 e. The maximum atomic E-state index is 14.4. The average Bonchev–Trinajstić information content (AvgIpc) is 3.53. The summed E-state index contributed by atoms with van der Waals surface area (Å²) in [6, 6.07) is 1.46. The number of benzene rings is 1. The summed E-state index contributed by atoms with van der Waals surface area (Å²) in [5, 5.41) is 13.4. The molecule has 3 atom stereocenters. The molecule has 2 aromatic heterocycles. The van der Waals surface area contributed by atoms with Crippen molar-refractivity contribution in [2.75, 3.05) is 5.32 Å². The Hall–Kier alpha value is -3.60. The maximum absolute atomic E-state index is 14.4. The molecule has 11 heteroatoms. The first-order valence-corrected chi connectivity index (χ1v) is 13.4. The number of carbonyl (C=O) groups is 2. The van der Waals surface area contributed by atoms with E-state index in [0.717, 1.165) is 18.1 Å². The Morgan fingerprint density at radius 3 is 2.69 bits per heavy atom. The van der Waals surface area contributed by atoms with E-state index in [2.05, 4.69) is 26.0 Å². The number of rotatable bonds is 10. The van der Waals surface area contributed by atoms with Gasteiger partial charge in [0.15, 0.2) is 5.82 Å². The molecule has 0 fully saturated rings. The lowest BCUT2D eigenvalue weighted by atomic mass is 9.87. The summed E-state index contributed by atoms with van der Waals surface area (Å²) in [6.45, 7) is 7.43. The molecule has 0 saturated carbocycles. The molecule has 39 heavy (non-hydrogen) atoms. The van der Waals surface area contributed by atoms with E-state index < -0.39 is 23.2 Å². The number of aryl methyl sites for hydroxylation is 2. The number of carbonyl (C=O) groups excluding carboxylic acids is 2. The average molecular weight is 542 g/mol. The zero-order valence-electron chi connectivity index (χ0n) is 23.1. The first-order chi connectivity index (χ1) is 18.5. The molecular weight excluding hydrogens is 504 g/mol. The Balaban J connectivity index is 1.38. The summed E-state index contributed by atoms with van der Waals surface area (Å²) in [5.41, 5.74) is 1.13. The van der Waals surface area contributed by atoms with E-state index in [1.54, 1.807) is 35.5 Å². The zero-order valence-corrected chi connectivity index (χ0v) is 23.1. The lowest BCUT2D eigenvalue weighted by Crippen LogP contribution is -2.48. The van der Waals surface area contributed by atoms with Crippen LogP contribution in [0.25, 0.3) is 0 Å². The minimum absolute atomic E-state index is 0.109. The van der Waals surface area contributed by atoms with E-state index in [1.807, 2.05) is 27.1 Å².